The first-order chi connectivity index (χ1) is 20.0. The number of fused-ring (bicyclic) bond motifs is 3. The van der Waals surface area contributed by atoms with Gasteiger partial charge in [-0.3, -0.25) is 0 Å². The van der Waals surface area contributed by atoms with Crippen LogP contribution in [0.5, 0.6) is 11.5 Å². The normalized spacial score (nSPS) is 16.7. The first-order valence-electron chi connectivity index (χ1n) is 14.6. The van der Waals surface area contributed by atoms with Crippen molar-refractivity contribution in [3.63, 3.8) is 0 Å². The molecule has 222 valence electrons. The van der Waals surface area contributed by atoms with E-state index in [4.69, 9.17) is 51.1 Å². The quantitative estimate of drug-likeness (QED) is 0.160. The summed E-state index contributed by atoms with van der Waals surface area (Å²) < 4.78 is 6.62. The number of rotatable bonds is 7. The summed E-state index contributed by atoms with van der Waals surface area (Å²) in [6, 6.07) is 8.22. The van der Waals surface area contributed by atoms with Gasteiger partial charge in [0.1, 0.15) is 11.5 Å². The lowest BCUT2D eigenvalue weighted by Gasteiger charge is -2.29. The second-order valence-corrected chi connectivity index (χ2v) is 12.9. The third-order valence-corrected chi connectivity index (χ3v) is 10.5. The first kappa shape index (κ1) is 31.1. The molecular formula is C34H35Cl4NO3. The SMILES string of the molecule is C=c1cc2c(cc1C(C)CCCC)=C(c1c(Cl)c(Cl)c(Cl)c(Cl)c1C(=O)O)c1cc3c(cc1O2)N(CC)CCCC3C. The second kappa shape index (κ2) is 12.3. The zero-order chi connectivity index (χ0) is 30.5. The average molecular weight is 647 g/mol. The van der Waals surface area contributed by atoms with Gasteiger partial charge in [-0.05, 0) is 72.6 Å². The van der Waals surface area contributed by atoms with E-state index in [1.54, 1.807) is 0 Å². The minimum absolute atomic E-state index is 0.0102. The Hall–Kier alpha value is -2.37. The van der Waals surface area contributed by atoms with Gasteiger partial charge >= 0.3 is 5.97 Å². The highest BCUT2D eigenvalue weighted by molar-refractivity contribution is 6.53. The topological polar surface area (TPSA) is 49.8 Å². The van der Waals surface area contributed by atoms with E-state index in [9.17, 15) is 9.90 Å². The molecule has 0 aliphatic carbocycles. The van der Waals surface area contributed by atoms with Crippen LogP contribution in [0.25, 0.3) is 12.2 Å². The zero-order valence-electron chi connectivity index (χ0n) is 24.3. The molecule has 2 unspecified atom stereocenters. The Labute approximate surface area is 267 Å². The number of unbranched alkanes of at least 4 members (excludes halogenated alkanes) is 1. The summed E-state index contributed by atoms with van der Waals surface area (Å²) in [5, 5.41) is 11.8. The van der Waals surface area contributed by atoms with Gasteiger partial charge < -0.3 is 14.7 Å². The van der Waals surface area contributed by atoms with Crippen LogP contribution in [0, 0.1) is 0 Å². The van der Waals surface area contributed by atoms with Crippen molar-refractivity contribution in [3.05, 3.63) is 82.6 Å². The molecular weight excluding hydrogens is 612 g/mol. The third-order valence-electron chi connectivity index (χ3n) is 8.70. The molecule has 0 radical (unpaired) electrons. The third kappa shape index (κ3) is 5.30. The Balaban J connectivity index is 1.95. The van der Waals surface area contributed by atoms with Crippen LogP contribution in [0.4, 0.5) is 5.69 Å². The molecule has 5 rings (SSSR count). The molecule has 0 amide bonds. The number of anilines is 1. The lowest BCUT2D eigenvalue weighted by molar-refractivity contribution is 0.0696. The Bertz CT molecular complexity index is 1700. The van der Waals surface area contributed by atoms with E-state index < -0.39 is 5.97 Å². The van der Waals surface area contributed by atoms with Crippen LogP contribution in [0.3, 0.4) is 0 Å². The van der Waals surface area contributed by atoms with E-state index in [2.05, 4.69) is 57.4 Å². The molecule has 2 aliphatic heterocycles. The average Bonchev–Trinajstić information content (AvgIpc) is 3.11. The van der Waals surface area contributed by atoms with Gasteiger partial charge in [-0.1, -0.05) is 86.6 Å². The molecule has 3 aromatic carbocycles. The zero-order valence-corrected chi connectivity index (χ0v) is 27.4. The predicted molar refractivity (Wildman–Crippen MR) is 176 cm³/mol. The van der Waals surface area contributed by atoms with Crippen LogP contribution < -0.4 is 20.1 Å². The fraction of sp³-hybridized carbons (Fsp3) is 0.382. The Morgan fingerprint density at radius 3 is 2.45 bits per heavy atom. The molecule has 8 heteroatoms. The lowest BCUT2D eigenvalue weighted by atomic mass is 9.84. The number of ether oxygens (including phenoxy) is 1. The number of hydrogen-bond acceptors (Lipinski definition) is 3. The van der Waals surface area contributed by atoms with E-state index in [0.717, 1.165) is 72.4 Å². The molecule has 2 heterocycles. The summed E-state index contributed by atoms with van der Waals surface area (Å²) >= 11 is 26.5. The van der Waals surface area contributed by atoms with Gasteiger partial charge in [0.2, 0.25) is 0 Å². The highest BCUT2D eigenvalue weighted by atomic mass is 35.5. The van der Waals surface area contributed by atoms with Crippen molar-refractivity contribution < 1.29 is 14.6 Å². The number of aromatic carboxylic acids is 1. The van der Waals surface area contributed by atoms with Gasteiger partial charge in [0, 0.05) is 46.8 Å². The first-order valence-corrected chi connectivity index (χ1v) is 16.1. The number of carbonyl (C=O) groups is 1. The highest BCUT2D eigenvalue weighted by Gasteiger charge is 2.33. The van der Waals surface area contributed by atoms with Crippen LogP contribution in [-0.4, -0.2) is 24.2 Å². The van der Waals surface area contributed by atoms with E-state index in [-0.39, 0.29) is 37.1 Å². The van der Waals surface area contributed by atoms with Crippen molar-refractivity contribution in [3.8, 4) is 11.5 Å². The number of carboxylic acid groups (broad SMARTS) is 1. The minimum atomic E-state index is -1.25. The maximum Gasteiger partial charge on any atom is 0.337 e. The second-order valence-electron chi connectivity index (χ2n) is 11.4. The Morgan fingerprint density at radius 2 is 1.79 bits per heavy atom. The summed E-state index contributed by atoms with van der Waals surface area (Å²) in [5.41, 5.74) is 4.78. The molecule has 1 N–H and O–H groups in total. The molecule has 0 fully saturated rings. The maximum atomic E-state index is 12.8. The number of benzene rings is 3. The summed E-state index contributed by atoms with van der Waals surface area (Å²) in [6.07, 6.45) is 5.30. The fourth-order valence-corrected chi connectivity index (χ4v) is 7.40. The van der Waals surface area contributed by atoms with Crippen LogP contribution >= 0.6 is 46.4 Å². The highest BCUT2D eigenvalue weighted by Crippen LogP contribution is 2.49. The summed E-state index contributed by atoms with van der Waals surface area (Å²) in [7, 11) is 0. The van der Waals surface area contributed by atoms with Gasteiger partial charge in [-0.2, -0.15) is 0 Å². The van der Waals surface area contributed by atoms with Crippen LogP contribution in [0.1, 0.15) is 104 Å². The minimum Gasteiger partial charge on any atom is -0.478 e. The summed E-state index contributed by atoms with van der Waals surface area (Å²) in [5.74, 6) is 0.478. The number of nitrogens with zero attached hydrogens (tertiary/aromatic N) is 1. The van der Waals surface area contributed by atoms with Gasteiger partial charge in [0.05, 0.1) is 25.7 Å². The molecule has 0 saturated heterocycles. The number of hydrogen-bond donors (Lipinski definition) is 1. The molecule has 4 nitrogen and oxygen atoms in total. The summed E-state index contributed by atoms with van der Waals surface area (Å²) in [4.78, 5) is 15.1. The van der Waals surface area contributed by atoms with Crippen LogP contribution in [-0.2, 0) is 0 Å². The molecule has 0 aromatic heterocycles. The van der Waals surface area contributed by atoms with Gasteiger partial charge in [0.25, 0.3) is 0 Å². The van der Waals surface area contributed by atoms with Gasteiger partial charge in [-0.15, -0.1) is 0 Å². The summed E-state index contributed by atoms with van der Waals surface area (Å²) in [6.45, 7) is 14.9. The van der Waals surface area contributed by atoms with E-state index in [0.29, 0.717) is 23.0 Å². The van der Waals surface area contributed by atoms with Crippen molar-refractivity contribution in [2.75, 3.05) is 18.0 Å². The smallest absolute Gasteiger partial charge is 0.337 e. The van der Waals surface area contributed by atoms with Crippen LogP contribution in [0.2, 0.25) is 20.1 Å². The Morgan fingerprint density at radius 1 is 1.07 bits per heavy atom. The van der Waals surface area contributed by atoms with E-state index >= 15 is 0 Å². The molecule has 2 atom stereocenters. The molecule has 0 saturated carbocycles. The number of carboxylic acids is 1. The molecule has 42 heavy (non-hydrogen) atoms. The van der Waals surface area contributed by atoms with E-state index in [1.165, 1.54) is 5.56 Å². The molecule has 2 aliphatic rings. The predicted octanol–water partition coefficient (Wildman–Crippen LogP) is 9.78. The molecule has 0 bridgehead atoms. The fourth-order valence-electron chi connectivity index (χ4n) is 6.37. The number of halogens is 4. The standard InChI is InChI=1S/C34H35Cl4NO3/c1-6-8-10-17(3)20-14-22-25(13-19(20)5)42-26-16-24-21(18(4)11-9-12-39(24)7-2)15-23(26)27(22)28-29(34(40)41)31(36)33(38)32(37)30(28)35/h13-18H,5-12H2,1-4H3,(H,40,41). The van der Waals surface area contributed by atoms with Crippen molar-refractivity contribution in [1.82, 2.24) is 0 Å². The van der Waals surface area contributed by atoms with Crippen molar-refractivity contribution in [2.45, 2.75) is 71.6 Å². The van der Waals surface area contributed by atoms with Gasteiger partial charge in [0.15, 0.2) is 0 Å². The monoisotopic (exact) mass is 645 g/mol. The van der Waals surface area contributed by atoms with Crippen molar-refractivity contribution in [2.24, 2.45) is 0 Å². The molecule has 3 aromatic rings. The van der Waals surface area contributed by atoms with Gasteiger partial charge in [-0.25, -0.2) is 4.79 Å². The van der Waals surface area contributed by atoms with Crippen molar-refractivity contribution in [1.29, 1.82) is 0 Å². The largest absolute Gasteiger partial charge is 0.478 e. The van der Waals surface area contributed by atoms with Crippen molar-refractivity contribution >= 4 is 70.2 Å². The maximum absolute atomic E-state index is 12.8. The van der Waals surface area contributed by atoms with E-state index in [1.807, 2.05) is 6.07 Å². The van der Waals surface area contributed by atoms with Crippen LogP contribution in [0.15, 0.2) is 24.3 Å². The molecule has 0 spiro atoms. The lowest BCUT2D eigenvalue weighted by Crippen LogP contribution is -2.26. The Kier molecular flexibility index (Phi) is 9.11.